The lowest BCUT2D eigenvalue weighted by molar-refractivity contribution is -0.947. The lowest BCUT2D eigenvalue weighted by Gasteiger charge is -2.43. The minimum Gasteiger partial charge on any atom is -0.349 e. The van der Waals surface area contributed by atoms with Gasteiger partial charge in [0.2, 0.25) is 0 Å². The van der Waals surface area contributed by atoms with Crippen molar-refractivity contribution in [2.24, 2.45) is 0 Å². The van der Waals surface area contributed by atoms with Crippen LogP contribution >= 0.6 is 0 Å². The van der Waals surface area contributed by atoms with Gasteiger partial charge in [-0.3, -0.25) is 0 Å². The van der Waals surface area contributed by atoms with Gasteiger partial charge in [0.05, 0.1) is 19.7 Å². The van der Waals surface area contributed by atoms with Crippen LogP contribution in [0, 0.1) is 0 Å². The maximum Gasteiger partial charge on any atom is 0.165 e. The van der Waals surface area contributed by atoms with Crippen molar-refractivity contribution in [1.82, 2.24) is 0 Å². The van der Waals surface area contributed by atoms with Crippen LogP contribution in [0.25, 0.3) is 0 Å². The van der Waals surface area contributed by atoms with Gasteiger partial charge in [0.15, 0.2) is 6.29 Å². The van der Waals surface area contributed by atoms with Crippen molar-refractivity contribution in [2.45, 2.75) is 51.0 Å². The van der Waals surface area contributed by atoms with Crippen LogP contribution in [-0.4, -0.2) is 43.1 Å². The molecule has 0 saturated carbocycles. The van der Waals surface area contributed by atoms with Crippen molar-refractivity contribution in [2.75, 3.05) is 26.2 Å². The monoisotopic (exact) mass is 366 g/mol. The molecule has 2 aromatic rings. The zero-order valence-electron chi connectivity index (χ0n) is 16.4. The summed E-state index contributed by atoms with van der Waals surface area (Å²) in [6.07, 6.45) is 4.08. The quantitative estimate of drug-likeness (QED) is 0.688. The van der Waals surface area contributed by atoms with Gasteiger partial charge in [0, 0.05) is 11.5 Å². The Kier molecular flexibility index (Phi) is 5.92. The Morgan fingerprint density at radius 1 is 0.926 bits per heavy atom. The van der Waals surface area contributed by atoms with E-state index in [1.165, 1.54) is 43.5 Å². The molecule has 2 aliphatic rings. The van der Waals surface area contributed by atoms with E-state index in [2.05, 4.69) is 67.6 Å². The van der Waals surface area contributed by atoms with Crippen molar-refractivity contribution in [3.63, 3.8) is 0 Å². The Hall–Kier alpha value is -1.68. The van der Waals surface area contributed by atoms with E-state index in [-0.39, 0.29) is 18.3 Å². The summed E-state index contributed by atoms with van der Waals surface area (Å²) in [7, 11) is 0. The van der Waals surface area contributed by atoms with Gasteiger partial charge in [-0.25, -0.2) is 0 Å². The molecule has 144 valence electrons. The number of rotatable bonds is 6. The highest BCUT2D eigenvalue weighted by Gasteiger charge is 2.39. The zero-order valence-corrected chi connectivity index (χ0v) is 16.4. The average Bonchev–Trinajstić information content (AvgIpc) is 3.17. The smallest absolute Gasteiger partial charge is 0.165 e. The second kappa shape index (κ2) is 8.55. The third-order valence-electron chi connectivity index (χ3n) is 6.22. The van der Waals surface area contributed by atoms with Gasteiger partial charge in [-0.2, -0.15) is 0 Å². The van der Waals surface area contributed by atoms with Crippen molar-refractivity contribution in [3.05, 3.63) is 71.8 Å². The lowest BCUT2D eigenvalue weighted by atomic mass is 10.0. The molecule has 0 aromatic heterocycles. The molecule has 3 atom stereocenters. The van der Waals surface area contributed by atoms with Gasteiger partial charge >= 0.3 is 0 Å². The summed E-state index contributed by atoms with van der Waals surface area (Å²) in [6.45, 7) is 7.61. The Bertz CT molecular complexity index is 697. The summed E-state index contributed by atoms with van der Waals surface area (Å²) in [4.78, 5) is 0. The molecule has 0 spiro atoms. The van der Waals surface area contributed by atoms with Crippen LogP contribution in [0.5, 0.6) is 0 Å². The fraction of sp³-hybridized carbons (Fsp3) is 0.500. The summed E-state index contributed by atoms with van der Waals surface area (Å²) in [6, 6.07) is 21.5. The molecule has 3 heteroatoms. The maximum absolute atomic E-state index is 6.41. The summed E-state index contributed by atoms with van der Waals surface area (Å²) >= 11 is 0. The molecule has 2 heterocycles. The number of likely N-dealkylation sites (tertiary alicyclic amines) is 1. The molecule has 2 aliphatic heterocycles. The van der Waals surface area contributed by atoms with Crippen LogP contribution in [0.4, 0.5) is 0 Å². The minimum absolute atomic E-state index is 0.126. The van der Waals surface area contributed by atoms with E-state index in [0.717, 1.165) is 24.2 Å². The highest BCUT2D eigenvalue weighted by molar-refractivity contribution is 5.19. The van der Waals surface area contributed by atoms with E-state index in [0.29, 0.717) is 0 Å². The van der Waals surface area contributed by atoms with Crippen molar-refractivity contribution < 1.29 is 14.0 Å². The molecule has 3 nitrogen and oxygen atoms in total. The molecule has 27 heavy (non-hydrogen) atoms. The third-order valence-corrected chi connectivity index (χ3v) is 6.22. The lowest BCUT2D eigenvalue weighted by Crippen LogP contribution is -2.54. The number of benzene rings is 2. The van der Waals surface area contributed by atoms with E-state index in [1.807, 2.05) is 0 Å². The second-order valence-electron chi connectivity index (χ2n) is 8.33. The molecule has 0 amide bonds. The average molecular weight is 367 g/mol. The normalized spacial score (nSPS) is 26.0. The SMILES string of the molecule is C[C@H](c1ccccc1)[C@@H]1OC[C@H](C[N+]2(Cc3ccccc3)CCCCC2)O1. The van der Waals surface area contributed by atoms with Crippen LogP contribution in [0.1, 0.15) is 43.2 Å². The van der Waals surface area contributed by atoms with E-state index in [1.54, 1.807) is 0 Å². The first-order valence-electron chi connectivity index (χ1n) is 10.5. The molecule has 0 N–H and O–H groups in total. The number of ether oxygens (including phenoxy) is 2. The van der Waals surface area contributed by atoms with E-state index in [9.17, 15) is 0 Å². The highest BCUT2D eigenvalue weighted by atomic mass is 16.7. The highest BCUT2D eigenvalue weighted by Crippen LogP contribution is 2.30. The molecule has 0 unspecified atom stereocenters. The molecular weight excluding hydrogens is 334 g/mol. The maximum atomic E-state index is 6.41. The third kappa shape index (κ3) is 4.60. The van der Waals surface area contributed by atoms with Gasteiger partial charge in [-0.1, -0.05) is 67.6 Å². The van der Waals surface area contributed by atoms with Crippen molar-refractivity contribution in [1.29, 1.82) is 0 Å². The summed E-state index contributed by atoms with van der Waals surface area (Å²) in [5.41, 5.74) is 2.72. The van der Waals surface area contributed by atoms with Crippen molar-refractivity contribution in [3.8, 4) is 0 Å². The molecule has 2 saturated heterocycles. The standard InChI is InChI=1S/C24H32NO2/c1-20(22-13-7-3-8-14-22)24-26-19-23(27-24)18-25(15-9-4-10-16-25)17-21-11-5-2-6-12-21/h2-3,5-8,11-14,20,23-24H,4,9-10,15-19H2,1H3/q+1/t20-,23+,24-/m1/s1. The fourth-order valence-electron chi connectivity index (χ4n) is 4.73. The summed E-state index contributed by atoms with van der Waals surface area (Å²) in [5.74, 6) is 0.264. The molecule has 2 aromatic carbocycles. The molecular formula is C24H32NO2+. The Labute approximate surface area is 163 Å². The second-order valence-corrected chi connectivity index (χ2v) is 8.33. The number of hydrogen-bond acceptors (Lipinski definition) is 2. The minimum atomic E-state index is -0.126. The Morgan fingerprint density at radius 3 is 2.30 bits per heavy atom. The first kappa shape index (κ1) is 18.7. The number of piperidine rings is 1. The first-order chi connectivity index (χ1) is 13.2. The number of hydrogen-bond donors (Lipinski definition) is 0. The van der Waals surface area contributed by atoms with Gasteiger partial charge in [-0.15, -0.1) is 0 Å². The number of nitrogens with zero attached hydrogens (tertiary/aromatic N) is 1. The van der Waals surface area contributed by atoms with Crippen LogP contribution < -0.4 is 0 Å². The molecule has 2 fully saturated rings. The molecule has 0 bridgehead atoms. The molecule has 0 radical (unpaired) electrons. The largest absolute Gasteiger partial charge is 0.349 e. The van der Waals surface area contributed by atoms with E-state index < -0.39 is 0 Å². The van der Waals surface area contributed by atoms with E-state index >= 15 is 0 Å². The molecule has 0 aliphatic carbocycles. The van der Waals surface area contributed by atoms with Crippen LogP contribution in [0.2, 0.25) is 0 Å². The van der Waals surface area contributed by atoms with Gasteiger partial charge in [-0.05, 0) is 24.8 Å². The summed E-state index contributed by atoms with van der Waals surface area (Å²) in [5, 5.41) is 0. The predicted octanol–water partition coefficient (Wildman–Crippen LogP) is 4.73. The first-order valence-corrected chi connectivity index (χ1v) is 10.5. The zero-order chi connectivity index (χ0) is 18.5. The predicted molar refractivity (Wildman–Crippen MR) is 108 cm³/mol. The summed E-state index contributed by atoms with van der Waals surface area (Å²) < 4.78 is 13.6. The van der Waals surface area contributed by atoms with Crippen LogP contribution in [0.3, 0.4) is 0 Å². The van der Waals surface area contributed by atoms with Crippen LogP contribution in [0.15, 0.2) is 60.7 Å². The Morgan fingerprint density at radius 2 is 1.59 bits per heavy atom. The van der Waals surface area contributed by atoms with Crippen LogP contribution in [-0.2, 0) is 16.0 Å². The molecule has 4 rings (SSSR count). The van der Waals surface area contributed by atoms with Gasteiger partial charge in [0.25, 0.3) is 0 Å². The van der Waals surface area contributed by atoms with Gasteiger partial charge < -0.3 is 14.0 Å². The number of quaternary nitrogens is 1. The topological polar surface area (TPSA) is 18.5 Å². The van der Waals surface area contributed by atoms with E-state index in [4.69, 9.17) is 9.47 Å². The van der Waals surface area contributed by atoms with Gasteiger partial charge in [0.1, 0.15) is 19.2 Å². The fourth-order valence-corrected chi connectivity index (χ4v) is 4.73. The Balaban J connectivity index is 1.41. The van der Waals surface area contributed by atoms with Crippen molar-refractivity contribution >= 4 is 0 Å².